The van der Waals surface area contributed by atoms with Gasteiger partial charge in [0.25, 0.3) is 0 Å². The van der Waals surface area contributed by atoms with E-state index in [1.165, 1.54) is 32.1 Å². The van der Waals surface area contributed by atoms with Crippen molar-refractivity contribution in [2.75, 3.05) is 0 Å². The van der Waals surface area contributed by atoms with Crippen molar-refractivity contribution in [2.24, 2.45) is 5.92 Å². The van der Waals surface area contributed by atoms with Crippen LogP contribution in [0.2, 0.25) is 0 Å². The van der Waals surface area contributed by atoms with Gasteiger partial charge in [0.1, 0.15) is 0 Å². The Labute approximate surface area is 116 Å². The minimum Gasteiger partial charge on any atom is -0.0623 e. The van der Waals surface area contributed by atoms with E-state index in [1.807, 2.05) is 36.4 Å². The predicted octanol–water partition coefficient (Wildman–Crippen LogP) is 5.20. The van der Waals surface area contributed by atoms with Gasteiger partial charge in [0.2, 0.25) is 0 Å². The molecule has 2 aliphatic rings. The van der Waals surface area contributed by atoms with E-state index in [4.69, 9.17) is 0 Å². The third-order valence-electron chi connectivity index (χ3n) is 4.79. The maximum absolute atomic E-state index is 2.33. The molecule has 2 aliphatic carbocycles. The molecule has 2 fully saturated rings. The summed E-state index contributed by atoms with van der Waals surface area (Å²) in [6.45, 7) is 0. The summed E-state index contributed by atoms with van der Waals surface area (Å²) >= 11 is 0. The molecule has 0 unspecified atom stereocenters. The van der Waals surface area contributed by atoms with Gasteiger partial charge >= 0.3 is 0 Å². The van der Waals surface area contributed by atoms with E-state index in [2.05, 4.69) is 30.3 Å². The average molecular weight is 250 g/mol. The lowest BCUT2D eigenvalue weighted by atomic mass is 9.78. The molecule has 0 atom stereocenters. The second-order valence-corrected chi connectivity index (χ2v) is 5.95. The van der Waals surface area contributed by atoms with Gasteiger partial charge in [-0.25, -0.2) is 0 Å². The zero-order valence-electron chi connectivity index (χ0n) is 11.5. The normalized spacial score (nSPS) is 27.7. The Morgan fingerprint density at radius 2 is 1.16 bits per heavy atom. The van der Waals surface area contributed by atoms with Crippen molar-refractivity contribution in [3.8, 4) is 0 Å². The van der Waals surface area contributed by atoms with E-state index >= 15 is 0 Å². The first kappa shape index (κ1) is 12.5. The van der Waals surface area contributed by atoms with Gasteiger partial charge < -0.3 is 0 Å². The Morgan fingerprint density at radius 3 is 1.58 bits per heavy atom. The number of fused-ring (bicyclic) bond motifs is 2. The lowest BCUT2D eigenvalue weighted by molar-refractivity contribution is 0.419. The van der Waals surface area contributed by atoms with Crippen LogP contribution in [0.25, 0.3) is 0 Å². The molecule has 0 N–H and O–H groups in total. The van der Waals surface area contributed by atoms with Crippen molar-refractivity contribution in [1.82, 2.24) is 0 Å². The summed E-state index contributed by atoms with van der Waals surface area (Å²) in [5, 5.41) is 0. The van der Waals surface area contributed by atoms with E-state index in [-0.39, 0.29) is 0 Å². The summed E-state index contributed by atoms with van der Waals surface area (Å²) < 4.78 is 0. The minimum absolute atomic E-state index is 0.603. The zero-order valence-corrected chi connectivity index (χ0v) is 11.5. The van der Waals surface area contributed by atoms with E-state index in [9.17, 15) is 0 Å². The summed E-state index contributed by atoms with van der Waals surface area (Å²) in [7, 11) is 0. The number of hydrogen-bond acceptors (Lipinski definition) is 0. The van der Waals surface area contributed by atoms with E-state index in [0.29, 0.717) is 5.41 Å². The highest BCUT2D eigenvalue weighted by Crippen LogP contribution is 2.55. The van der Waals surface area contributed by atoms with Gasteiger partial charge in [0, 0.05) is 0 Å². The van der Waals surface area contributed by atoms with Crippen LogP contribution in [0.5, 0.6) is 0 Å². The highest BCUT2D eigenvalue weighted by Gasteiger charge is 2.45. The number of hydrogen-bond donors (Lipinski definition) is 0. The Hall–Kier alpha value is -1.56. The van der Waals surface area contributed by atoms with Gasteiger partial charge in [-0.2, -0.15) is 0 Å². The molecule has 4 rings (SSSR count). The van der Waals surface area contributed by atoms with Crippen molar-refractivity contribution in [3.05, 3.63) is 72.3 Å². The molecular weight excluding hydrogens is 228 g/mol. The summed E-state index contributed by atoms with van der Waals surface area (Å²) in [6.07, 6.45) is 7.32. The van der Waals surface area contributed by atoms with Gasteiger partial charge in [-0.05, 0) is 49.0 Å². The topological polar surface area (TPSA) is 0 Å². The molecule has 0 spiro atoms. The van der Waals surface area contributed by atoms with Crippen LogP contribution in [0.4, 0.5) is 0 Å². The van der Waals surface area contributed by atoms with Crippen LogP contribution in [0, 0.1) is 5.92 Å². The summed E-state index contributed by atoms with van der Waals surface area (Å²) in [6, 6.07) is 23.2. The third-order valence-corrected chi connectivity index (χ3v) is 4.79. The Bertz CT molecular complexity index is 451. The number of benzene rings is 2. The summed E-state index contributed by atoms with van der Waals surface area (Å²) in [5.41, 5.74) is 2.21. The minimum atomic E-state index is 0.603. The third kappa shape index (κ3) is 2.73. The second-order valence-electron chi connectivity index (χ2n) is 5.95. The lowest BCUT2D eigenvalue weighted by Crippen LogP contribution is -2.18. The summed E-state index contributed by atoms with van der Waals surface area (Å²) in [4.78, 5) is 0. The van der Waals surface area contributed by atoms with Crippen molar-refractivity contribution < 1.29 is 0 Å². The molecule has 0 saturated heterocycles. The molecule has 98 valence electrons. The van der Waals surface area contributed by atoms with E-state index in [0.717, 1.165) is 5.92 Å². The largest absolute Gasteiger partial charge is 0.0623 e. The molecule has 2 saturated carbocycles. The number of rotatable bonds is 1. The smallest absolute Gasteiger partial charge is 0.00441 e. The van der Waals surface area contributed by atoms with Gasteiger partial charge in [-0.15, -0.1) is 0 Å². The molecule has 2 aromatic carbocycles. The lowest BCUT2D eigenvalue weighted by Gasteiger charge is -2.26. The van der Waals surface area contributed by atoms with Gasteiger partial charge in [0.05, 0.1) is 0 Å². The van der Waals surface area contributed by atoms with Crippen molar-refractivity contribution in [1.29, 1.82) is 0 Å². The Morgan fingerprint density at radius 1 is 0.684 bits per heavy atom. The molecule has 0 nitrogen and oxygen atoms in total. The maximum atomic E-state index is 2.33. The molecular formula is C19H22. The molecule has 0 aromatic heterocycles. The van der Waals surface area contributed by atoms with Gasteiger partial charge in [-0.1, -0.05) is 66.7 Å². The second kappa shape index (κ2) is 5.61. The van der Waals surface area contributed by atoms with Crippen LogP contribution in [0.15, 0.2) is 66.7 Å². The van der Waals surface area contributed by atoms with Crippen LogP contribution >= 0.6 is 0 Å². The molecule has 19 heavy (non-hydrogen) atoms. The van der Waals surface area contributed by atoms with Crippen molar-refractivity contribution >= 4 is 0 Å². The average Bonchev–Trinajstić information content (AvgIpc) is 3.13. The molecule has 0 aliphatic heterocycles. The fourth-order valence-electron chi connectivity index (χ4n) is 3.77. The standard InChI is InChI=1S/C13H16.C6H6/c1-2-4-12(5-3-1)13-8-6-11(10-13)7-9-13;1-2-4-6-5-3-1/h1-5,11H,6-10H2;1-6H. The monoisotopic (exact) mass is 250 g/mol. The zero-order chi connectivity index (χ0) is 13.0. The molecule has 0 amide bonds. The van der Waals surface area contributed by atoms with Crippen LogP contribution in [-0.4, -0.2) is 0 Å². The Balaban J connectivity index is 0.000000155. The highest BCUT2D eigenvalue weighted by atomic mass is 14.5. The predicted molar refractivity (Wildman–Crippen MR) is 81.1 cm³/mol. The van der Waals surface area contributed by atoms with Crippen LogP contribution < -0.4 is 0 Å². The molecule has 2 bridgehead atoms. The fraction of sp³-hybridized carbons (Fsp3) is 0.368. The first-order valence-electron chi connectivity index (χ1n) is 7.45. The van der Waals surface area contributed by atoms with Gasteiger partial charge in [0.15, 0.2) is 0 Å². The van der Waals surface area contributed by atoms with Gasteiger partial charge in [-0.3, -0.25) is 0 Å². The SMILES string of the molecule is c1ccc(C23CCC(CC2)C3)cc1.c1ccccc1. The molecule has 0 radical (unpaired) electrons. The van der Waals surface area contributed by atoms with Crippen molar-refractivity contribution in [3.63, 3.8) is 0 Å². The summed E-state index contributed by atoms with van der Waals surface area (Å²) in [5.74, 6) is 1.06. The maximum Gasteiger partial charge on any atom is -0.00441 e. The van der Waals surface area contributed by atoms with E-state index < -0.39 is 0 Å². The molecule has 0 heterocycles. The van der Waals surface area contributed by atoms with E-state index in [1.54, 1.807) is 5.56 Å². The Kier molecular flexibility index (Phi) is 3.68. The molecule has 2 aromatic rings. The quantitative estimate of drug-likeness (QED) is 0.652. The van der Waals surface area contributed by atoms with Crippen molar-refractivity contribution in [2.45, 2.75) is 37.5 Å². The van der Waals surface area contributed by atoms with Crippen LogP contribution in [0.1, 0.15) is 37.7 Å². The van der Waals surface area contributed by atoms with Crippen LogP contribution in [0.3, 0.4) is 0 Å². The van der Waals surface area contributed by atoms with Crippen LogP contribution in [-0.2, 0) is 5.41 Å². The first-order valence-corrected chi connectivity index (χ1v) is 7.45. The highest BCUT2D eigenvalue weighted by molar-refractivity contribution is 5.28. The fourth-order valence-corrected chi connectivity index (χ4v) is 3.77. The first-order chi connectivity index (χ1) is 9.39. The molecule has 0 heteroatoms.